The van der Waals surface area contributed by atoms with Crippen molar-refractivity contribution in [2.45, 2.75) is 59.4 Å². The zero-order valence-electron chi connectivity index (χ0n) is 16.7. The molecule has 140 valence electrons. The lowest BCUT2D eigenvalue weighted by Crippen LogP contribution is -2.51. The van der Waals surface area contributed by atoms with Crippen LogP contribution in [0.2, 0.25) is 0 Å². The Bertz CT molecular complexity index is 734. The van der Waals surface area contributed by atoms with Crippen LogP contribution in [0, 0.1) is 24.7 Å². The van der Waals surface area contributed by atoms with Gasteiger partial charge in [-0.2, -0.15) is 0 Å². The van der Waals surface area contributed by atoms with Gasteiger partial charge in [0.1, 0.15) is 0 Å². The summed E-state index contributed by atoms with van der Waals surface area (Å²) in [5, 5.41) is 11.5. The summed E-state index contributed by atoms with van der Waals surface area (Å²) in [6.45, 7) is 10.8. The van der Waals surface area contributed by atoms with Crippen molar-refractivity contribution in [3.05, 3.63) is 70.8 Å². The van der Waals surface area contributed by atoms with Gasteiger partial charge in [0.05, 0.1) is 6.10 Å². The summed E-state index contributed by atoms with van der Waals surface area (Å²) in [5.41, 5.74) is 4.64. The Labute approximate surface area is 158 Å². The summed E-state index contributed by atoms with van der Waals surface area (Å²) in [6.07, 6.45) is 1.87. The van der Waals surface area contributed by atoms with E-state index in [1.54, 1.807) is 0 Å². The molecule has 0 saturated carbocycles. The largest absolute Gasteiger partial charge is 0.362 e. The smallest absolute Gasteiger partial charge is 0.195 e. The van der Waals surface area contributed by atoms with E-state index in [1.807, 2.05) is 12.1 Å². The van der Waals surface area contributed by atoms with E-state index >= 15 is 0 Å². The molecule has 1 fully saturated rings. The summed E-state index contributed by atoms with van der Waals surface area (Å²) >= 11 is 0. The van der Waals surface area contributed by atoms with Crippen molar-refractivity contribution >= 4 is 0 Å². The van der Waals surface area contributed by atoms with Crippen LogP contribution in [0.1, 0.15) is 56.4 Å². The fourth-order valence-electron chi connectivity index (χ4n) is 4.23. The second kappa shape index (κ2) is 7.54. The van der Waals surface area contributed by atoms with Crippen LogP contribution >= 0.6 is 0 Å². The van der Waals surface area contributed by atoms with E-state index in [9.17, 15) is 5.11 Å². The van der Waals surface area contributed by atoms with E-state index in [0.29, 0.717) is 11.8 Å². The standard InChI is InChI=1S/C24H32O2/c1-6-23-18(4)17(3)19(5)24(25,26-23)22-9-7-8-21(15-22)14-20-12-10-16(2)11-13-20/h7-13,15,17-19,23,25H,6,14H2,1-5H3/t17-,18-,19+,23+,24?/m0/s1. The molecule has 0 radical (unpaired) electrons. The molecular formula is C24H32O2. The minimum Gasteiger partial charge on any atom is -0.362 e. The Morgan fingerprint density at radius 3 is 2.31 bits per heavy atom. The summed E-state index contributed by atoms with van der Waals surface area (Å²) in [4.78, 5) is 0. The number of benzene rings is 2. The maximum absolute atomic E-state index is 11.5. The van der Waals surface area contributed by atoms with E-state index in [-0.39, 0.29) is 12.0 Å². The van der Waals surface area contributed by atoms with Crippen LogP contribution in [0.15, 0.2) is 48.5 Å². The van der Waals surface area contributed by atoms with E-state index in [4.69, 9.17) is 4.74 Å². The first-order valence-corrected chi connectivity index (χ1v) is 9.90. The van der Waals surface area contributed by atoms with Crippen LogP contribution in [0.4, 0.5) is 0 Å². The van der Waals surface area contributed by atoms with Gasteiger partial charge in [0, 0.05) is 11.5 Å². The van der Waals surface area contributed by atoms with Gasteiger partial charge in [-0.3, -0.25) is 0 Å². The van der Waals surface area contributed by atoms with Crippen LogP contribution in [0.5, 0.6) is 0 Å². The monoisotopic (exact) mass is 352 g/mol. The second-order valence-corrected chi connectivity index (χ2v) is 8.13. The lowest BCUT2D eigenvalue weighted by molar-refractivity contribution is -0.316. The second-order valence-electron chi connectivity index (χ2n) is 8.13. The number of ether oxygens (including phenoxy) is 1. The average molecular weight is 353 g/mol. The van der Waals surface area contributed by atoms with Crippen molar-refractivity contribution in [3.8, 4) is 0 Å². The SMILES string of the molecule is CC[C@H]1OC(O)(c2cccc(Cc3ccc(C)cc3)c2)[C@H](C)[C@@H](C)[C@@H]1C. The van der Waals surface area contributed by atoms with Crippen molar-refractivity contribution in [1.29, 1.82) is 0 Å². The molecule has 2 aromatic carbocycles. The van der Waals surface area contributed by atoms with Crippen LogP contribution in [0.3, 0.4) is 0 Å². The van der Waals surface area contributed by atoms with Gasteiger partial charge in [-0.15, -0.1) is 0 Å². The molecule has 0 spiro atoms. The van der Waals surface area contributed by atoms with Crippen molar-refractivity contribution in [2.24, 2.45) is 17.8 Å². The van der Waals surface area contributed by atoms with E-state index in [0.717, 1.165) is 18.4 Å². The highest BCUT2D eigenvalue weighted by Crippen LogP contribution is 2.46. The molecule has 26 heavy (non-hydrogen) atoms. The van der Waals surface area contributed by atoms with Gasteiger partial charge in [0.15, 0.2) is 5.79 Å². The summed E-state index contributed by atoms with van der Waals surface area (Å²) in [6, 6.07) is 16.9. The summed E-state index contributed by atoms with van der Waals surface area (Å²) < 4.78 is 6.28. The average Bonchev–Trinajstić information content (AvgIpc) is 2.65. The highest BCUT2D eigenvalue weighted by Gasteiger charge is 2.48. The number of aryl methyl sites for hydroxylation is 1. The fraction of sp³-hybridized carbons (Fsp3) is 0.500. The molecule has 2 aromatic rings. The van der Waals surface area contributed by atoms with E-state index in [1.165, 1.54) is 16.7 Å². The zero-order chi connectivity index (χ0) is 18.9. The van der Waals surface area contributed by atoms with Gasteiger partial charge < -0.3 is 9.84 Å². The molecule has 1 heterocycles. The number of hydrogen-bond donors (Lipinski definition) is 1. The van der Waals surface area contributed by atoms with E-state index < -0.39 is 5.79 Å². The van der Waals surface area contributed by atoms with Crippen molar-refractivity contribution in [2.75, 3.05) is 0 Å². The Morgan fingerprint density at radius 2 is 1.65 bits per heavy atom. The molecule has 1 N–H and O–H groups in total. The lowest BCUT2D eigenvalue weighted by Gasteiger charge is -2.49. The van der Waals surface area contributed by atoms with Gasteiger partial charge in [-0.1, -0.05) is 81.8 Å². The predicted molar refractivity (Wildman–Crippen MR) is 107 cm³/mol. The van der Waals surface area contributed by atoms with Crippen LogP contribution < -0.4 is 0 Å². The molecule has 1 unspecified atom stereocenters. The van der Waals surface area contributed by atoms with Gasteiger partial charge in [0.25, 0.3) is 0 Å². The van der Waals surface area contributed by atoms with Crippen LogP contribution in [-0.2, 0) is 16.9 Å². The van der Waals surface area contributed by atoms with Gasteiger partial charge in [-0.25, -0.2) is 0 Å². The van der Waals surface area contributed by atoms with E-state index in [2.05, 4.69) is 71.0 Å². The Morgan fingerprint density at radius 1 is 0.962 bits per heavy atom. The minimum absolute atomic E-state index is 0.0509. The van der Waals surface area contributed by atoms with Crippen molar-refractivity contribution < 1.29 is 9.84 Å². The van der Waals surface area contributed by atoms with Gasteiger partial charge in [-0.05, 0) is 42.7 Å². The normalized spacial score (nSPS) is 31.8. The number of hydrogen-bond acceptors (Lipinski definition) is 2. The molecule has 1 aliphatic rings. The molecule has 2 heteroatoms. The molecule has 1 saturated heterocycles. The van der Waals surface area contributed by atoms with Gasteiger partial charge >= 0.3 is 0 Å². The lowest BCUT2D eigenvalue weighted by atomic mass is 9.72. The quantitative estimate of drug-likeness (QED) is 0.793. The predicted octanol–water partition coefficient (Wildman–Crippen LogP) is 5.45. The third kappa shape index (κ3) is 3.58. The first kappa shape index (κ1) is 19.1. The fourth-order valence-corrected chi connectivity index (χ4v) is 4.23. The third-order valence-corrected chi connectivity index (χ3v) is 6.42. The minimum atomic E-state index is -1.21. The molecule has 0 amide bonds. The first-order valence-electron chi connectivity index (χ1n) is 9.90. The molecule has 3 rings (SSSR count). The number of rotatable bonds is 4. The Hall–Kier alpha value is -1.64. The summed E-state index contributed by atoms with van der Waals surface area (Å²) in [5.74, 6) is -0.309. The van der Waals surface area contributed by atoms with Crippen LogP contribution in [-0.4, -0.2) is 11.2 Å². The maximum Gasteiger partial charge on any atom is 0.195 e. The van der Waals surface area contributed by atoms with Crippen LogP contribution in [0.25, 0.3) is 0 Å². The molecule has 0 aliphatic carbocycles. The highest BCUT2D eigenvalue weighted by atomic mass is 16.6. The highest BCUT2D eigenvalue weighted by molar-refractivity contribution is 5.33. The molecular weight excluding hydrogens is 320 g/mol. The van der Waals surface area contributed by atoms with Crippen molar-refractivity contribution in [1.82, 2.24) is 0 Å². The Balaban J connectivity index is 1.89. The van der Waals surface area contributed by atoms with Gasteiger partial charge in [0.2, 0.25) is 0 Å². The molecule has 2 nitrogen and oxygen atoms in total. The summed E-state index contributed by atoms with van der Waals surface area (Å²) in [7, 11) is 0. The zero-order valence-corrected chi connectivity index (χ0v) is 16.7. The first-order chi connectivity index (χ1) is 12.3. The number of aliphatic hydroxyl groups is 1. The van der Waals surface area contributed by atoms with Crippen molar-refractivity contribution in [3.63, 3.8) is 0 Å². The maximum atomic E-state index is 11.5. The molecule has 0 bridgehead atoms. The third-order valence-electron chi connectivity index (χ3n) is 6.42. The topological polar surface area (TPSA) is 29.5 Å². The Kier molecular flexibility index (Phi) is 5.55. The molecule has 1 aliphatic heterocycles. The molecule has 0 aromatic heterocycles. The molecule has 5 atom stereocenters.